The Labute approximate surface area is 175 Å². The summed E-state index contributed by atoms with van der Waals surface area (Å²) >= 11 is 0. The molecule has 1 aliphatic heterocycles. The largest absolute Gasteiger partial charge is 0.480 e. The smallest absolute Gasteiger partial charge is 0.419 e. The van der Waals surface area contributed by atoms with Gasteiger partial charge in [0.2, 0.25) is 5.91 Å². The van der Waals surface area contributed by atoms with Crippen molar-refractivity contribution >= 4 is 18.0 Å². The Balaban J connectivity index is 1.84. The van der Waals surface area contributed by atoms with Crippen LogP contribution in [0.2, 0.25) is 0 Å². The number of benzene rings is 1. The van der Waals surface area contributed by atoms with E-state index in [0.717, 1.165) is 5.56 Å². The first kappa shape index (κ1) is 21.5. The van der Waals surface area contributed by atoms with Crippen molar-refractivity contribution in [1.29, 1.82) is 0 Å². The fourth-order valence-electron chi connectivity index (χ4n) is 3.80. The third-order valence-corrected chi connectivity index (χ3v) is 5.07. The monoisotopic (exact) mass is 413 g/mol. The maximum Gasteiger partial charge on any atom is 0.419 e. The number of carbonyl (C=O) groups is 3. The van der Waals surface area contributed by atoms with E-state index in [1.807, 2.05) is 30.3 Å². The van der Waals surface area contributed by atoms with Crippen molar-refractivity contribution < 1.29 is 24.2 Å². The van der Waals surface area contributed by atoms with Crippen LogP contribution >= 0.6 is 0 Å². The Kier molecular flexibility index (Phi) is 5.96. The molecule has 0 saturated carbocycles. The van der Waals surface area contributed by atoms with Crippen molar-refractivity contribution in [3.05, 3.63) is 54.1 Å². The van der Waals surface area contributed by atoms with Crippen molar-refractivity contribution in [1.82, 2.24) is 14.5 Å². The Morgan fingerprint density at radius 1 is 1.20 bits per heavy atom. The molecule has 30 heavy (non-hydrogen) atoms. The Morgan fingerprint density at radius 2 is 1.90 bits per heavy atom. The highest BCUT2D eigenvalue weighted by Crippen LogP contribution is 2.38. The van der Waals surface area contributed by atoms with E-state index in [4.69, 9.17) is 9.84 Å². The molecule has 1 N–H and O–H groups in total. The lowest BCUT2D eigenvalue weighted by Crippen LogP contribution is -2.40. The average molecular weight is 413 g/mol. The third kappa shape index (κ3) is 5.06. The summed E-state index contributed by atoms with van der Waals surface area (Å²) in [5, 5.41) is 9.14. The SMILES string of the molecule is CC(C)(C)OC(=O)n1cnc(C[C@@]2(Cc3ccccc3)CCN(CC(=O)O)C2=O)c1. The van der Waals surface area contributed by atoms with Gasteiger partial charge >= 0.3 is 12.1 Å². The maximum absolute atomic E-state index is 13.2. The highest BCUT2D eigenvalue weighted by atomic mass is 16.6. The quantitative estimate of drug-likeness (QED) is 0.781. The summed E-state index contributed by atoms with van der Waals surface area (Å²) in [6.45, 7) is 5.41. The van der Waals surface area contributed by atoms with Gasteiger partial charge in [0.05, 0.1) is 11.1 Å². The Hall–Kier alpha value is -3.16. The second-order valence-corrected chi connectivity index (χ2v) is 8.74. The predicted molar refractivity (Wildman–Crippen MR) is 109 cm³/mol. The minimum Gasteiger partial charge on any atom is -0.480 e. The molecule has 1 aliphatic rings. The number of hydrogen-bond acceptors (Lipinski definition) is 5. The Morgan fingerprint density at radius 3 is 2.53 bits per heavy atom. The van der Waals surface area contributed by atoms with E-state index >= 15 is 0 Å². The second kappa shape index (κ2) is 8.30. The van der Waals surface area contributed by atoms with Crippen LogP contribution in [0, 0.1) is 5.41 Å². The van der Waals surface area contributed by atoms with Gasteiger partial charge in [-0.2, -0.15) is 0 Å². The van der Waals surface area contributed by atoms with Crippen molar-refractivity contribution in [3.63, 3.8) is 0 Å². The first-order valence-electron chi connectivity index (χ1n) is 9.89. The molecule has 8 heteroatoms. The zero-order valence-corrected chi connectivity index (χ0v) is 17.5. The number of carboxylic acid groups (broad SMARTS) is 1. The summed E-state index contributed by atoms with van der Waals surface area (Å²) in [6.07, 6.45) is 3.73. The van der Waals surface area contributed by atoms with Gasteiger partial charge in [0, 0.05) is 19.2 Å². The molecule has 1 fully saturated rings. The summed E-state index contributed by atoms with van der Waals surface area (Å²) in [5.41, 5.74) is 0.149. The van der Waals surface area contributed by atoms with E-state index in [0.29, 0.717) is 31.5 Å². The molecular formula is C22H27N3O5. The lowest BCUT2D eigenvalue weighted by Gasteiger charge is -2.27. The van der Waals surface area contributed by atoms with Gasteiger partial charge in [-0.25, -0.2) is 14.3 Å². The standard InChI is InChI=1S/C22H27N3O5/c1-21(2,3)30-20(29)25-13-17(23-15-25)12-22(11-16-7-5-4-6-8-16)9-10-24(19(22)28)14-18(26)27/h4-8,13,15H,9-12,14H2,1-3H3,(H,26,27)/t22-/m0/s1. The number of carboxylic acids is 1. The van der Waals surface area contributed by atoms with Crippen LogP contribution in [0.5, 0.6) is 0 Å². The van der Waals surface area contributed by atoms with Crippen LogP contribution in [-0.2, 0) is 27.2 Å². The van der Waals surface area contributed by atoms with Gasteiger partial charge < -0.3 is 14.7 Å². The average Bonchev–Trinajstić information content (AvgIpc) is 3.22. The van der Waals surface area contributed by atoms with E-state index in [1.54, 1.807) is 27.0 Å². The highest BCUT2D eigenvalue weighted by Gasteiger charge is 2.47. The number of carbonyl (C=O) groups excluding carboxylic acids is 2. The number of amides is 1. The molecule has 0 radical (unpaired) electrons. The van der Waals surface area contributed by atoms with Crippen molar-refractivity contribution in [2.75, 3.05) is 13.1 Å². The van der Waals surface area contributed by atoms with Crippen LogP contribution in [0.4, 0.5) is 4.79 Å². The molecule has 3 rings (SSSR count). The van der Waals surface area contributed by atoms with Gasteiger partial charge in [-0.15, -0.1) is 0 Å². The van der Waals surface area contributed by atoms with E-state index in [2.05, 4.69) is 4.98 Å². The van der Waals surface area contributed by atoms with Crippen LogP contribution in [-0.4, -0.2) is 56.2 Å². The molecule has 0 unspecified atom stereocenters. The van der Waals surface area contributed by atoms with Crippen LogP contribution in [0.3, 0.4) is 0 Å². The van der Waals surface area contributed by atoms with E-state index < -0.39 is 23.1 Å². The van der Waals surface area contributed by atoms with E-state index in [-0.39, 0.29) is 12.5 Å². The molecule has 1 saturated heterocycles. The number of likely N-dealkylation sites (tertiary alicyclic amines) is 1. The van der Waals surface area contributed by atoms with Crippen molar-refractivity contribution in [3.8, 4) is 0 Å². The first-order chi connectivity index (χ1) is 14.1. The highest BCUT2D eigenvalue weighted by molar-refractivity contribution is 5.88. The van der Waals surface area contributed by atoms with Gasteiger partial charge in [0.15, 0.2) is 0 Å². The van der Waals surface area contributed by atoms with Crippen LogP contribution in [0.25, 0.3) is 0 Å². The molecule has 1 amide bonds. The molecule has 2 heterocycles. The Bertz CT molecular complexity index is 932. The van der Waals surface area contributed by atoms with Gasteiger partial charge in [0.25, 0.3) is 0 Å². The summed E-state index contributed by atoms with van der Waals surface area (Å²) in [6, 6.07) is 9.64. The fourth-order valence-corrected chi connectivity index (χ4v) is 3.80. The number of ether oxygens (including phenoxy) is 1. The molecule has 2 aromatic rings. The molecule has 1 atom stereocenters. The van der Waals surface area contributed by atoms with Gasteiger partial charge in [-0.05, 0) is 39.2 Å². The van der Waals surface area contributed by atoms with Crippen molar-refractivity contribution in [2.24, 2.45) is 5.41 Å². The molecule has 1 aromatic carbocycles. The summed E-state index contributed by atoms with van der Waals surface area (Å²) in [7, 11) is 0. The minimum absolute atomic E-state index is 0.194. The molecule has 8 nitrogen and oxygen atoms in total. The molecule has 160 valence electrons. The second-order valence-electron chi connectivity index (χ2n) is 8.74. The maximum atomic E-state index is 13.2. The zero-order valence-electron chi connectivity index (χ0n) is 17.5. The topological polar surface area (TPSA) is 102 Å². The summed E-state index contributed by atoms with van der Waals surface area (Å²) < 4.78 is 6.62. The van der Waals surface area contributed by atoms with Gasteiger partial charge in [-0.3, -0.25) is 9.59 Å². The molecule has 0 aliphatic carbocycles. The number of imidazole rings is 1. The number of aromatic nitrogens is 2. The van der Waals surface area contributed by atoms with E-state index in [1.165, 1.54) is 15.8 Å². The number of nitrogens with zero attached hydrogens (tertiary/aromatic N) is 3. The number of hydrogen-bond donors (Lipinski definition) is 1. The third-order valence-electron chi connectivity index (χ3n) is 5.07. The number of rotatable bonds is 6. The van der Waals surface area contributed by atoms with Gasteiger partial charge in [0.1, 0.15) is 18.5 Å². The number of aliphatic carboxylic acids is 1. The van der Waals surface area contributed by atoms with Crippen LogP contribution in [0.15, 0.2) is 42.9 Å². The molecular weight excluding hydrogens is 386 g/mol. The summed E-state index contributed by atoms with van der Waals surface area (Å²) in [4.78, 5) is 42.4. The van der Waals surface area contributed by atoms with Crippen molar-refractivity contribution in [2.45, 2.75) is 45.6 Å². The minimum atomic E-state index is -1.03. The first-order valence-corrected chi connectivity index (χ1v) is 9.89. The molecule has 0 spiro atoms. The van der Waals surface area contributed by atoms with Crippen LogP contribution in [0.1, 0.15) is 38.4 Å². The predicted octanol–water partition coefficient (Wildman–Crippen LogP) is 2.75. The van der Waals surface area contributed by atoms with E-state index in [9.17, 15) is 14.4 Å². The normalized spacial score (nSPS) is 19.2. The lowest BCUT2D eigenvalue weighted by atomic mass is 9.76. The lowest BCUT2D eigenvalue weighted by molar-refractivity contribution is -0.145. The van der Waals surface area contributed by atoms with Gasteiger partial charge in [-0.1, -0.05) is 30.3 Å². The van der Waals surface area contributed by atoms with Crippen LogP contribution < -0.4 is 0 Å². The zero-order chi connectivity index (χ0) is 21.9. The molecule has 0 bridgehead atoms. The molecule has 1 aromatic heterocycles. The fraction of sp³-hybridized carbons (Fsp3) is 0.455. The summed E-state index contributed by atoms with van der Waals surface area (Å²) in [5.74, 6) is -1.23.